The zero-order valence-electron chi connectivity index (χ0n) is 10.4. The van der Waals surface area contributed by atoms with Crippen LogP contribution in [-0.4, -0.2) is 15.1 Å². The lowest BCUT2D eigenvalue weighted by atomic mass is 10.1. The minimum absolute atomic E-state index is 0.0269. The minimum Gasteiger partial charge on any atom is -0.300 e. The number of H-pyrrole nitrogens is 2. The summed E-state index contributed by atoms with van der Waals surface area (Å²) in [5.41, 5.74) is 3.28. The molecule has 0 saturated carbocycles. The molecule has 0 bridgehead atoms. The van der Waals surface area contributed by atoms with Gasteiger partial charge >= 0.3 is 0 Å². The molecule has 0 aliphatic carbocycles. The van der Waals surface area contributed by atoms with Crippen LogP contribution in [0.1, 0.15) is 36.2 Å². The Hall–Kier alpha value is -1.81. The first-order valence-electron chi connectivity index (χ1n) is 6.37. The standard InChI is InChI=1S/C14H17N3O/c1-2-12-13-11(14(18)16-15-13)9-17(12)8-10-6-4-3-5-7-10/h3-7,12H,2,8-9H2,1H3,(H2,15,16,18). The Labute approximate surface area is 106 Å². The topological polar surface area (TPSA) is 51.9 Å². The molecule has 1 aliphatic rings. The number of aromatic nitrogens is 2. The summed E-state index contributed by atoms with van der Waals surface area (Å²) in [5, 5.41) is 5.70. The number of benzene rings is 1. The van der Waals surface area contributed by atoms with Crippen molar-refractivity contribution in [2.45, 2.75) is 32.5 Å². The Morgan fingerprint density at radius 2 is 2.06 bits per heavy atom. The maximum atomic E-state index is 11.7. The van der Waals surface area contributed by atoms with Crippen LogP contribution in [0.3, 0.4) is 0 Å². The third kappa shape index (κ3) is 1.78. The van der Waals surface area contributed by atoms with Crippen LogP contribution in [-0.2, 0) is 13.1 Å². The summed E-state index contributed by atoms with van der Waals surface area (Å²) in [5.74, 6) is 0. The van der Waals surface area contributed by atoms with Gasteiger partial charge in [0.1, 0.15) is 0 Å². The average molecular weight is 243 g/mol. The zero-order chi connectivity index (χ0) is 12.5. The number of aromatic amines is 2. The van der Waals surface area contributed by atoms with Gasteiger partial charge in [0, 0.05) is 13.1 Å². The van der Waals surface area contributed by atoms with Crippen molar-refractivity contribution in [3.05, 3.63) is 57.5 Å². The Balaban J connectivity index is 1.85. The van der Waals surface area contributed by atoms with Crippen molar-refractivity contribution in [2.24, 2.45) is 0 Å². The molecular weight excluding hydrogens is 226 g/mol. The minimum atomic E-state index is 0.0269. The normalized spacial score (nSPS) is 19.1. The van der Waals surface area contributed by atoms with Gasteiger partial charge in [-0.3, -0.25) is 14.8 Å². The van der Waals surface area contributed by atoms with Crippen LogP contribution in [0.2, 0.25) is 0 Å². The van der Waals surface area contributed by atoms with Crippen LogP contribution < -0.4 is 5.56 Å². The smallest absolute Gasteiger partial charge is 0.268 e. The van der Waals surface area contributed by atoms with E-state index in [4.69, 9.17) is 0 Å². The van der Waals surface area contributed by atoms with Crippen LogP contribution in [0, 0.1) is 0 Å². The predicted molar refractivity (Wildman–Crippen MR) is 70.1 cm³/mol. The number of fused-ring (bicyclic) bond motifs is 1. The second-order valence-electron chi connectivity index (χ2n) is 4.79. The van der Waals surface area contributed by atoms with Crippen LogP contribution in [0.15, 0.2) is 35.1 Å². The highest BCUT2D eigenvalue weighted by Gasteiger charge is 2.32. The molecule has 0 fully saturated rings. The van der Waals surface area contributed by atoms with E-state index in [0.717, 1.165) is 30.8 Å². The summed E-state index contributed by atoms with van der Waals surface area (Å²) < 4.78 is 0. The molecule has 3 rings (SSSR count). The fourth-order valence-corrected chi connectivity index (χ4v) is 2.78. The zero-order valence-corrected chi connectivity index (χ0v) is 10.4. The molecule has 18 heavy (non-hydrogen) atoms. The third-order valence-corrected chi connectivity index (χ3v) is 3.66. The Kier molecular flexibility index (Phi) is 2.80. The van der Waals surface area contributed by atoms with Crippen molar-refractivity contribution in [3.63, 3.8) is 0 Å². The first kappa shape index (κ1) is 11.3. The Bertz CT molecular complexity index is 585. The van der Waals surface area contributed by atoms with Gasteiger partial charge in [-0.25, -0.2) is 0 Å². The number of hydrogen-bond acceptors (Lipinski definition) is 2. The summed E-state index contributed by atoms with van der Waals surface area (Å²) in [6.45, 7) is 3.78. The molecule has 94 valence electrons. The highest BCUT2D eigenvalue weighted by atomic mass is 16.1. The molecule has 2 heterocycles. The van der Waals surface area contributed by atoms with Gasteiger partial charge in [-0.2, -0.15) is 0 Å². The number of rotatable bonds is 3. The van der Waals surface area contributed by atoms with Gasteiger partial charge in [-0.05, 0) is 12.0 Å². The van der Waals surface area contributed by atoms with Crippen molar-refractivity contribution < 1.29 is 0 Å². The summed E-state index contributed by atoms with van der Waals surface area (Å²) in [6, 6.07) is 10.7. The Morgan fingerprint density at radius 3 is 2.78 bits per heavy atom. The fraction of sp³-hybridized carbons (Fsp3) is 0.357. The monoisotopic (exact) mass is 243 g/mol. The summed E-state index contributed by atoms with van der Waals surface area (Å²) in [4.78, 5) is 14.0. The highest BCUT2D eigenvalue weighted by Crippen LogP contribution is 2.33. The lowest BCUT2D eigenvalue weighted by Crippen LogP contribution is -2.23. The first-order chi connectivity index (χ1) is 8.79. The molecule has 4 nitrogen and oxygen atoms in total. The largest absolute Gasteiger partial charge is 0.300 e. The van der Waals surface area contributed by atoms with E-state index < -0.39 is 0 Å². The van der Waals surface area contributed by atoms with Crippen molar-refractivity contribution in [1.29, 1.82) is 0 Å². The van der Waals surface area contributed by atoms with E-state index in [2.05, 4.69) is 46.3 Å². The molecule has 2 aromatic rings. The third-order valence-electron chi connectivity index (χ3n) is 3.66. The van der Waals surface area contributed by atoms with E-state index in [9.17, 15) is 4.79 Å². The second-order valence-corrected chi connectivity index (χ2v) is 4.79. The summed E-state index contributed by atoms with van der Waals surface area (Å²) >= 11 is 0. The molecule has 4 heteroatoms. The van der Waals surface area contributed by atoms with E-state index in [-0.39, 0.29) is 5.56 Å². The maximum Gasteiger partial charge on any atom is 0.268 e. The van der Waals surface area contributed by atoms with Gasteiger partial charge in [-0.1, -0.05) is 37.3 Å². The van der Waals surface area contributed by atoms with E-state index >= 15 is 0 Å². The molecule has 1 aromatic heterocycles. The maximum absolute atomic E-state index is 11.7. The van der Waals surface area contributed by atoms with Gasteiger partial charge in [0.05, 0.1) is 17.3 Å². The second kappa shape index (κ2) is 4.46. The van der Waals surface area contributed by atoms with Gasteiger partial charge in [-0.15, -0.1) is 0 Å². The first-order valence-corrected chi connectivity index (χ1v) is 6.37. The van der Waals surface area contributed by atoms with Gasteiger partial charge in [0.25, 0.3) is 5.56 Å². The Morgan fingerprint density at radius 1 is 1.28 bits per heavy atom. The number of nitrogens with zero attached hydrogens (tertiary/aromatic N) is 1. The highest BCUT2D eigenvalue weighted by molar-refractivity contribution is 5.26. The molecule has 0 amide bonds. The SMILES string of the molecule is CCC1c2[nH][nH]c(=O)c2CN1Cc1ccccc1. The van der Waals surface area contributed by atoms with E-state index in [1.807, 2.05) is 6.07 Å². The van der Waals surface area contributed by atoms with Crippen molar-refractivity contribution in [1.82, 2.24) is 15.1 Å². The van der Waals surface area contributed by atoms with E-state index in [1.54, 1.807) is 0 Å². The number of hydrogen-bond donors (Lipinski definition) is 2. The molecular formula is C14H17N3O. The van der Waals surface area contributed by atoms with Crippen molar-refractivity contribution in [2.75, 3.05) is 0 Å². The van der Waals surface area contributed by atoms with Crippen molar-refractivity contribution in [3.8, 4) is 0 Å². The molecule has 1 aromatic carbocycles. The molecule has 1 unspecified atom stereocenters. The van der Waals surface area contributed by atoms with Gasteiger partial charge in [0.15, 0.2) is 0 Å². The quantitative estimate of drug-likeness (QED) is 0.868. The molecule has 0 saturated heterocycles. The van der Waals surface area contributed by atoms with Crippen LogP contribution >= 0.6 is 0 Å². The molecule has 1 atom stereocenters. The van der Waals surface area contributed by atoms with Crippen molar-refractivity contribution >= 4 is 0 Å². The predicted octanol–water partition coefficient (Wildman–Crippen LogP) is 2.17. The lowest BCUT2D eigenvalue weighted by molar-refractivity contribution is 0.197. The van der Waals surface area contributed by atoms with Crippen LogP contribution in [0.25, 0.3) is 0 Å². The molecule has 0 spiro atoms. The van der Waals surface area contributed by atoms with Crippen LogP contribution in [0.4, 0.5) is 0 Å². The summed E-state index contributed by atoms with van der Waals surface area (Å²) in [6.07, 6.45) is 1.01. The van der Waals surface area contributed by atoms with E-state index in [0.29, 0.717) is 6.04 Å². The fourth-order valence-electron chi connectivity index (χ4n) is 2.78. The molecule has 1 aliphatic heterocycles. The average Bonchev–Trinajstić information content (AvgIpc) is 2.91. The molecule has 2 N–H and O–H groups in total. The van der Waals surface area contributed by atoms with Crippen LogP contribution in [0.5, 0.6) is 0 Å². The molecule has 0 radical (unpaired) electrons. The van der Waals surface area contributed by atoms with Gasteiger partial charge in [0.2, 0.25) is 0 Å². The van der Waals surface area contributed by atoms with E-state index in [1.165, 1.54) is 5.56 Å². The lowest BCUT2D eigenvalue weighted by Gasteiger charge is -2.23. The van der Waals surface area contributed by atoms with Gasteiger partial charge < -0.3 is 5.10 Å². The number of nitrogens with one attached hydrogen (secondary N) is 2. The summed E-state index contributed by atoms with van der Waals surface area (Å²) in [7, 11) is 0.